The molecule has 0 saturated carbocycles. The van der Waals surface area contributed by atoms with Gasteiger partial charge in [-0.15, -0.1) is 11.3 Å². The van der Waals surface area contributed by atoms with Gasteiger partial charge in [0.15, 0.2) is 11.2 Å². The summed E-state index contributed by atoms with van der Waals surface area (Å²) >= 11 is 1.52. The number of benzene rings is 2. The lowest BCUT2D eigenvalue weighted by Crippen LogP contribution is -1.95. The van der Waals surface area contributed by atoms with Crippen LogP contribution in [-0.2, 0) is 0 Å². The minimum atomic E-state index is -0.449. The van der Waals surface area contributed by atoms with E-state index in [-0.39, 0.29) is 5.69 Å². The van der Waals surface area contributed by atoms with Crippen LogP contribution in [0.3, 0.4) is 0 Å². The molecule has 2 heterocycles. The number of carbonyl (C=O) groups is 1. The monoisotopic (exact) mass is 377 g/mol. The van der Waals surface area contributed by atoms with Gasteiger partial charge in [-0.2, -0.15) is 0 Å². The van der Waals surface area contributed by atoms with Gasteiger partial charge in [0.25, 0.3) is 5.69 Å². The van der Waals surface area contributed by atoms with Crippen molar-refractivity contribution in [2.24, 2.45) is 0 Å². The summed E-state index contributed by atoms with van der Waals surface area (Å²) in [5.41, 5.74) is 4.77. The zero-order valence-corrected chi connectivity index (χ0v) is 15.5. The molecule has 4 aromatic rings. The number of nitrogens with zero attached hydrogens (tertiary/aromatic N) is 3. The van der Waals surface area contributed by atoms with Crippen molar-refractivity contribution in [3.05, 3.63) is 74.8 Å². The van der Waals surface area contributed by atoms with E-state index in [9.17, 15) is 14.9 Å². The first-order valence-corrected chi connectivity index (χ1v) is 9.10. The highest BCUT2D eigenvalue weighted by Gasteiger charge is 2.21. The Morgan fingerprint density at radius 2 is 1.67 bits per heavy atom. The molecule has 0 spiro atoms. The SMILES string of the molecule is Cc1ccc(-c2c(C)sc3nc(-c4ccc([N+](=O)[O-])cc4)c(C=O)n23)cc1. The van der Waals surface area contributed by atoms with Crippen molar-refractivity contribution < 1.29 is 9.72 Å². The first-order valence-electron chi connectivity index (χ1n) is 8.28. The highest BCUT2D eigenvalue weighted by molar-refractivity contribution is 7.17. The van der Waals surface area contributed by atoms with Gasteiger partial charge in [0.05, 0.1) is 10.6 Å². The first-order chi connectivity index (χ1) is 13.0. The maximum absolute atomic E-state index is 11.9. The number of aromatic nitrogens is 2. The number of aldehydes is 1. The Bertz CT molecular complexity index is 1170. The molecule has 4 rings (SSSR count). The van der Waals surface area contributed by atoms with E-state index in [0.29, 0.717) is 17.0 Å². The van der Waals surface area contributed by atoms with E-state index in [4.69, 9.17) is 0 Å². The number of imidazole rings is 1. The molecule has 6 nitrogen and oxygen atoms in total. The summed E-state index contributed by atoms with van der Waals surface area (Å²) in [6, 6.07) is 14.2. The normalized spacial score (nSPS) is 11.0. The number of non-ortho nitro benzene ring substituents is 1. The Kier molecular flexibility index (Phi) is 4.08. The van der Waals surface area contributed by atoms with Crippen LogP contribution in [0.25, 0.3) is 27.5 Å². The highest BCUT2D eigenvalue weighted by Crippen LogP contribution is 2.36. The minimum Gasteiger partial charge on any atom is -0.296 e. The third kappa shape index (κ3) is 2.82. The van der Waals surface area contributed by atoms with Gasteiger partial charge in [-0.25, -0.2) is 4.98 Å². The van der Waals surface area contributed by atoms with Gasteiger partial charge in [0, 0.05) is 22.6 Å². The molecule has 0 unspecified atom stereocenters. The average Bonchev–Trinajstić information content (AvgIpc) is 3.17. The van der Waals surface area contributed by atoms with Crippen LogP contribution >= 0.6 is 11.3 Å². The number of nitro groups is 1. The summed E-state index contributed by atoms with van der Waals surface area (Å²) in [7, 11) is 0. The quantitative estimate of drug-likeness (QED) is 0.283. The molecule has 0 fully saturated rings. The number of hydrogen-bond donors (Lipinski definition) is 0. The smallest absolute Gasteiger partial charge is 0.269 e. The molecule has 134 valence electrons. The average molecular weight is 377 g/mol. The maximum Gasteiger partial charge on any atom is 0.269 e. The molecule has 7 heteroatoms. The van der Waals surface area contributed by atoms with Crippen LogP contribution in [0.15, 0.2) is 48.5 Å². The lowest BCUT2D eigenvalue weighted by Gasteiger charge is -2.05. The van der Waals surface area contributed by atoms with Crippen LogP contribution in [0.5, 0.6) is 0 Å². The van der Waals surface area contributed by atoms with Crippen molar-refractivity contribution in [2.75, 3.05) is 0 Å². The molecular formula is C20H15N3O3S. The summed E-state index contributed by atoms with van der Waals surface area (Å²) in [6.07, 6.45) is 0.792. The third-order valence-electron chi connectivity index (χ3n) is 4.47. The van der Waals surface area contributed by atoms with Gasteiger partial charge >= 0.3 is 0 Å². The van der Waals surface area contributed by atoms with Crippen LogP contribution in [0.2, 0.25) is 0 Å². The Morgan fingerprint density at radius 1 is 1.04 bits per heavy atom. The van der Waals surface area contributed by atoms with E-state index in [1.54, 1.807) is 12.1 Å². The molecule has 0 amide bonds. The lowest BCUT2D eigenvalue weighted by molar-refractivity contribution is -0.384. The van der Waals surface area contributed by atoms with Crippen molar-refractivity contribution in [3.63, 3.8) is 0 Å². The zero-order valence-electron chi connectivity index (χ0n) is 14.7. The summed E-state index contributed by atoms with van der Waals surface area (Å²) in [5, 5.41) is 10.9. The van der Waals surface area contributed by atoms with E-state index in [2.05, 4.69) is 4.98 Å². The third-order valence-corrected chi connectivity index (χ3v) is 5.43. The van der Waals surface area contributed by atoms with Gasteiger partial charge in [-0.05, 0) is 31.5 Å². The van der Waals surface area contributed by atoms with Crippen LogP contribution in [0.4, 0.5) is 5.69 Å². The molecule has 0 aliphatic carbocycles. The molecule has 0 aliphatic rings. The molecule has 0 bridgehead atoms. The van der Waals surface area contributed by atoms with Crippen molar-refractivity contribution in [1.82, 2.24) is 9.38 Å². The number of aryl methyl sites for hydroxylation is 2. The standard InChI is InChI=1S/C20H15N3O3S/c1-12-3-5-15(6-4-12)19-13(2)27-20-21-18(17(11-24)22(19)20)14-7-9-16(10-8-14)23(25)26/h3-11H,1-2H3. The van der Waals surface area contributed by atoms with Gasteiger partial charge in [-0.3, -0.25) is 19.3 Å². The van der Waals surface area contributed by atoms with Crippen LogP contribution < -0.4 is 0 Å². The van der Waals surface area contributed by atoms with Gasteiger partial charge in [0.2, 0.25) is 0 Å². The predicted octanol–water partition coefficient (Wildman–Crippen LogP) is 5.07. The Morgan fingerprint density at radius 3 is 2.26 bits per heavy atom. The molecule has 0 atom stereocenters. The van der Waals surface area contributed by atoms with Crippen LogP contribution in [-0.4, -0.2) is 20.6 Å². The van der Waals surface area contributed by atoms with E-state index >= 15 is 0 Å². The molecule has 0 saturated heterocycles. The lowest BCUT2D eigenvalue weighted by atomic mass is 10.1. The number of carbonyl (C=O) groups excluding carboxylic acids is 1. The van der Waals surface area contributed by atoms with Gasteiger partial charge in [0.1, 0.15) is 11.4 Å². The topological polar surface area (TPSA) is 77.5 Å². The van der Waals surface area contributed by atoms with E-state index < -0.39 is 4.92 Å². The number of rotatable bonds is 4. The summed E-state index contributed by atoms with van der Waals surface area (Å²) in [6.45, 7) is 4.04. The number of fused-ring (bicyclic) bond motifs is 1. The summed E-state index contributed by atoms with van der Waals surface area (Å²) < 4.78 is 1.87. The Labute approximate surface area is 158 Å². The van der Waals surface area contributed by atoms with Crippen molar-refractivity contribution in [1.29, 1.82) is 0 Å². The van der Waals surface area contributed by atoms with E-state index in [1.807, 2.05) is 42.5 Å². The second-order valence-electron chi connectivity index (χ2n) is 6.26. The van der Waals surface area contributed by atoms with Crippen LogP contribution in [0.1, 0.15) is 20.9 Å². The molecule has 27 heavy (non-hydrogen) atoms. The van der Waals surface area contributed by atoms with Crippen molar-refractivity contribution >= 4 is 28.3 Å². The second-order valence-corrected chi connectivity index (χ2v) is 7.44. The number of hydrogen-bond acceptors (Lipinski definition) is 5. The van der Waals surface area contributed by atoms with E-state index in [0.717, 1.165) is 32.9 Å². The molecule has 0 aliphatic heterocycles. The predicted molar refractivity (Wildman–Crippen MR) is 105 cm³/mol. The molecular weight excluding hydrogens is 362 g/mol. The van der Waals surface area contributed by atoms with Crippen LogP contribution in [0, 0.1) is 24.0 Å². The summed E-state index contributed by atoms with van der Waals surface area (Å²) in [4.78, 5) is 28.8. The fraction of sp³-hybridized carbons (Fsp3) is 0.100. The van der Waals surface area contributed by atoms with Gasteiger partial charge < -0.3 is 0 Å². The summed E-state index contributed by atoms with van der Waals surface area (Å²) in [5.74, 6) is 0. The second kappa shape index (κ2) is 6.44. The molecule has 0 radical (unpaired) electrons. The molecule has 0 N–H and O–H groups in total. The number of nitro benzene ring substituents is 1. The Hall–Kier alpha value is -3.32. The molecule has 2 aromatic carbocycles. The Balaban J connectivity index is 1.93. The minimum absolute atomic E-state index is 0.00335. The highest BCUT2D eigenvalue weighted by atomic mass is 32.1. The number of thiazole rings is 1. The fourth-order valence-corrected chi connectivity index (χ4v) is 4.14. The molecule has 2 aromatic heterocycles. The largest absolute Gasteiger partial charge is 0.296 e. The maximum atomic E-state index is 11.9. The first kappa shape index (κ1) is 17.1. The van der Waals surface area contributed by atoms with Crippen molar-refractivity contribution in [2.45, 2.75) is 13.8 Å². The van der Waals surface area contributed by atoms with E-state index in [1.165, 1.54) is 23.5 Å². The zero-order chi connectivity index (χ0) is 19.1. The van der Waals surface area contributed by atoms with Gasteiger partial charge in [-0.1, -0.05) is 29.8 Å². The fourth-order valence-electron chi connectivity index (χ4n) is 3.14. The van der Waals surface area contributed by atoms with Crippen molar-refractivity contribution in [3.8, 4) is 22.5 Å².